The fourth-order valence-corrected chi connectivity index (χ4v) is 3.65. The molecule has 3 amide bonds. The predicted octanol–water partition coefficient (Wildman–Crippen LogP) is 4.95. The summed E-state index contributed by atoms with van der Waals surface area (Å²) in [6, 6.07) is 10.3. The number of nitrogens with one attached hydrogen (secondary N) is 3. The predicted molar refractivity (Wildman–Crippen MR) is 128 cm³/mol. The number of carbonyl (C=O) groups is 2. The van der Waals surface area contributed by atoms with E-state index in [1.165, 1.54) is 11.3 Å². The van der Waals surface area contributed by atoms with E-state index in [9.17, 15) is 9.59 Å². The largest absolute Gasteiger partial charge is 0.450 e. The highest BCUT2D eigenvalue weighted by Crippen LogP contribution is 2.32. The lowest BCUT2D eigenvalue weighted by molar-refractivity contribution is 0.168. The van der Waals surface area contributed by atoms with Gasteiger partial charge in [0.05, 0.1) is 29.0 Å². The molecule has 3 N–H and O–H groups in total. The van der Waals surface area contributed by atoms with Crippen molar-refractivity contribution >= 4 is 51.7 Å². The van der Waals surface area contributed by atoms with Crippen molar-refractivity contribution < 1.29 is 14.3 Å². The minimum atomic E-state index is -0.636. The highest BCUT2D eigenvalue weighted by atomic mass is 32.1. The molecule has 0 bridgehead atoms. The number of aromatic nitrogens is 3. The number of thiazole rings is 1. The highest BCUT2D eigenvalue weighted by Gasteiger charge is 2.14. The molecule has 4 rings (SSSR count). The van der Waals surface area contributed by atoms with Gasteiger partial charge in [0.1, 0.15) is 5.82 Å². The van der Waals surface area contributed by atoms with Crippen molar-refractivity contribution in [3.8, 4) is 23.5 Å². The summed E-state index contributed by atoms with van der Waals surface area (Å²) < 4.78 is 4.97. The minimum absolute atomic E-state index is 0.211. The van der Waals surface area contributed by atoms with Crippen LogP contribution in [0.2, 0.25) is 0 Å². The molecule has 164 valence electrons. The van der Waals surface area contributed by atoms with Crippen LogP contribution in [0.15, 0.2) is 54.2 Å². The number of benzene rings is 2. The molecule has 0 saturated carbocycles. The number of carbonyl (C=O) groups excluding carboxylic acids is 2. The lowest BCUT2D eigenvalue weighted by Crippen LogP contribution is -2.21. The number of anilines is 3. The molecule has 33 heavy (non-hydrogen) atoms. The van der Waals surface area contributed by atoms with Crippen LogP contribution in [0.4, 0.5) is 26.8 Å². The van der Waals surface area contributed by atoms with Crippen LogP contribution in [-0.4, -0.2) is 33.7 Å². The standard InChI is InChI=1S/C23H18N6O3S/c1-3-20-28-19(13-33-20)29-22(30)26-18-12-14(8-9-16(18)27-23(31)32-4-2)15-6-5-7-17-21(15)25-11-10-24-17/h1,5-13H,4H2,2H3,(H,27,31)(H2,26,29,30). The molecule has 0 unspecified atom stereocenters. The lowest BCUT2D eigenvalue weighted by Gasteiger charge is -2.15. The second kappa shape index (κ2) is 9.76. The summed E-state index contributed by atoms with van der Waals surface area (Å²) in [6.45, 7) is 1.92. The van der Waals surface area contributed by atoms with Crippen molar-refractivity contribution in [2.24, 2.45) is 0 Å². The second-order valence-corrected chi connectivity index (χ2v) is 7.45. The van der Waals surface area contributed by atoms with Gasteiger partial charge >= 0.3 is 12.1 Å². The van der Waals surface area contributed by atoms with Crippen molar-refractivity contribution in [3.63, 3.8) is 0 Å². The van der Waals surface area contributed by atoms with E-state index in [4.69, 9.17) is 11.2 Å². The summed E-state index contributed by atoms with van der Waals surface area (Å²) in [4.78, 5) is 37.5. The number of para-hydroxylation sites is 1. The van der Waals surface area contributed by atoms with Crippen molar-refractivity contribution in [2.75, 3.05) is 22.6 Å². The second-order valence-electron chi connectivity index (χ2n) is 6.60. The monoisotopic (exact) mass is 458 g/mol. The van der Waals surface area contributed by atoms with E-state index < -0.39 is 12.1 Å². The Morgan fingerprint density at radius 3 is 2.73 bits per heavy atom. The number of rotatable bonds is 5. The van der Waals surface area contributed by atoms with Gasteiger partial charge in [0.2, 0.25) is 0 Å². The maximum Gasteiger partial charge on any atom is 0.411 e. The first kappa shape index (κ1) is 21.7. The zero-order chi connectivity index (χ0) is 23.2. The van der Waals surface area contributed by atoms with Crippen molar-refractivity contribution in [1.29, 1.82) is 0 Å². The van der Waals surface area contributed by atoms with Gasteiger partial charge in [0, 0.05) is 23.3 Å². The molecule has 2 aromatic heterocycles. The lowest BCUT2D eigenvalue weighted by atomic mass is 10.0. The summed E-state index contributed by atoms with van der Waals surface area (Å²) in [7, 11) is 0. The number of urea groups is 1. The molecule has 0 radical (unpaired) electrons. The molecule has 0 atom stereocenters. The summed E-state index contributed by atoms with van der Waals surface area (Å²) in [6.07, 6.45) is 7.93. The van der Waals surface area contributed by atoms with Crippen LogP contribution in [-0.2, 0) is 4.74 Å². The maximum absolute atomic E-state index is 12.6. The number of hydrogen-bond acceptors (Lipinski definition) is 7. The number of amides is 3. The Bertz CT molecular complexity index is 1370. The molecule has 2 aromatic carbocycles. The highest BCUT2D eigenvalue weighted by molar-refractivity contribution is 7.10. The zero-order valence-electron chi connectivity index (χ0n) is 17.5. The number of terminal acetylenes is 1. The topological polar surface area (TPSA) is 118 Å². The molecule has 0 aliphatic rings. The average Bonchev–Trinajstić information content (AvgIpc) is 3.27. The molecule has 0 saturated heterocycles. The molecule has 9 nitrogen and oxygen atoms in total. The molecule has 10 heteroatoms. The third-order valence-corrected chi connectivity index (χ3v) is 5.23. The van der Waals surface area contributed by atoms with Gasteiger partial charge in [-0.05, 0) is 36.6 Å². The molecular weight excluding hydrogens is 440 g/mol. The number of hydrogen-bond donors (Lipinski definition) is 3. The van der Waals surface area contributed by atoms with Crippen LogP contribution in [0.5, 0.6) is 0 Å². The molecule has 0 fully saturated rings. The fourth-order valence-electron chi connectivity index (χ4n) is 3.09. The normalized spacial score (nSPS) is 10.3. The Balaban J connectivity index is 1.67. The van der Waals surface area contributed by atoms with Crippen LogP contribution in [0.1, 0.15) is 11.9 Å². The Morgan fingerprint density at radius 2 is 1.94 bits per heavy atom. The van der Waals surface area contributed by atoms with Crippen molar-refractivity contribution in [3.05, 3.63) is 59.2 Å². The first-order chi connectivity index (χ1) is 16.1. The summed E-state index contributed by atoms with van der Waals surface area (Å²) in [5.74, 6) is 2.74. The van der Waals surface area contributed by atoms with Gasteiger partial charge in [-0.1, -0.05) is 18.2 Å². The quantitative estimate of drug-likeness (QED) is 0.364. The average molecular weight is 459 g/mol. The van der Waals surface area contributed by atoms with Gasteiger partial charge < -0.3 is 10.1 Å². The van der Waals surface area contributed by atoms with Crippen molar-refractivity contribution in [2.45, 2.75) is 6.92 Å². The maximum atomic E-state index is 12.6. The van der Waals surface area contributed by atoms with E-state index in [2.05, 4.69) is 36.8 Å². The SMILES string of the molecule is C#Cc1nc(NC(=O)Nc2cc(-c3cccc4nccnc34)ccc2NC(=O)OCC)cs1. The van der Waals surface area contributed by atoms with E-state index in [-0.39, 0.29) is 6.61 Å². The Morgan fingerprint density at radius 1 is 1.09 bits per heavy atom. The number of nitrogens with zero attached hydrogens (tertiary/aromatic N) is 3. The van der Waals surface area contributed by atoms with Crippen LogP contribution in [0, 0.1) is 12.3 Å². The first-order valence-electron chi connectivity index (χ1n) is 9.85. The Hall–Kier alpha value is -4.49. The summed E-state index contributed by atoms with van der Waals surface area (Å²) in [5.41, 5.74) is 3.77. The van der Waals surface area contributed by atoms with E-state index in [0.29, 0.717) is 27.7 Å². The third-order valence-electron chi connectivity index (χ3n) is 4.46. The van der Waals surface area contributed by atoms with Gasteiger partial charge in [-0.2, -0.15) is 0 Å². The van der Waals surface area contributed by atoms with Gasteiger partial charge in [-0.25, -0.2) is 14.6 Å². The van der Waals surface area contributed by atoms with Crippen LogP contribution in [0.25, 0.3) is 22.2 Å². The first-order valence-corrected chi connectivity index (χ1v) is 10.7. The van der Waals surface area contributed by atoms with E-state index >= 15 is 0 Å². The van der Waals surface area contributed by atoms with Gasteiger partial charge in [-0.3, -0.25) is 20.6 Å². The van der Waals surface area contributed by atoms with Crippen LogP contribution in [0.3, 0.4) is 0 Å². The van der Waals surface area contributed by atoms with Crippen LogP contribution < -0.4 is 16.0 Å². The third kappa shape index (κ3) is 5.06. The van der Waals surface area contributed by atoms with E-state index in [1.807, 2.05) is 24.3 Å². The van der Waals surface area contributed by atoms with E-state index in [1.54, 1.807) is 36.8 Å². The zero-order valence-corrected chi connectivity index (χ0v) is 18.3. The van der Waals surface area contributed by atoms with Crippen molar-refractivity contribution in [1.82, 2.24) is 15.0 Å². The van der Waals surface area contributed by atoms with Crippen LogP contribution >= 0.6 is 11.3 Å². The molecule has 0 aliphatic carbocycles. The molecule has 0 aliphatic heterocycles. The number of fused-ring (bicyclic) bond motifs is 1. The Labute approximate surface area is 193 Å². The summed E-state index contributed by atoms with van der Waals surface area (Å²) in [5, 5.41) is 10.1. The molecule has 2 heterocycles. The molecule has 0 spiro atoms. The van der Waals surface area contributed by atoms with E-state index in [0.717, 1.165) is 16.6 Å². The van der Waals surface area contributed by atoms with Gasteiger partial charge in [0.15, 0.2) is 5.01 Å². The van der Waals surface area contributed by atoms with Gasteiger partial charge in [-0.15, -0.1) is 17.8 Å². The fraction of sp³-hybridized carbons (Fsp3) is 0.0870. The Kier molecular flexibility index (Phi) is 6.43. The molecule has 4 aromatic rings. The molecular formula is C23H18N6O3S. The summed E-state index contributed by atoms with van der Waals surface area (Å²) >= 11 is 1.24. The smallest absolute Gasteiger partial charge is 0.411 e. The minimum Gasteiger partial charge on any atom is -0.450 e. The van der Waals surface area contributed by atoms with Gasteiger partial charge in [0.25, 0.3) is 0 Å². The number of ether oxygens (including phenoxy) is 1.